The van der Waals surface area contributed by atoms with Crippen LogP contribution in [0.25, 0.3) is 0 Å². The molecular formula is C18H19FN2O2. The van der Waals surface area contributed by atoms with Crippen LogP contribution >= 0.6 is 0 Å². The monoisotopic (exact) mass is 314 g/mol. The van der Waals surface area contributed by atoms with Crippen molar-refractivity contribution in [3.05, 3.63) is 53.2 Å². The normalized spacial score (nSPS) is 26.5. The Kier molecular flexibility index (Phi) is 3.43. The first kappa shape index (κ1) is 14.4. The van der Waals surface area contributed by atoms with Crippen LogP contribution < -0.4 is 0 Å². The lowest BCUT2D eigenvalue weighted by molar-refractivity contribution is -0.133. The fourth-order valence-corrected chi connectivity index (χ4v) is 3.64. The Bertz CT molecular complexity index is 725. The van der Waals surface area contributed by atoms with E-state index in [0.29, 0.717) is 0 Å². The smallest absolute Gasteiger partial charge is 0.226 e. The third-order valence-electron chi connectivity index (χ3n) is 4.93. The van der Waals surface area contributed by atoms with E-state index in [4.69, 9.17) is 4.52 Å². The summed E-state index contributed by atoms with van der Waals surface area (Å²) in [6, 6.07) is 8.46. The number of hydrogen-bond acceptors (Lipinski definition) is 3. The number of benzene rings is 1. The molecule has 5 heteroatoms. The van der Waals surface area contributed by atoms with Crippen LogP contribution in [0.15, 0.2) is 34.9 Å². The van der Waals surface area contributed by atoms with Crippen molar-refractivity contribution in [2.45, 2.75) is 38.1 Å². The van der Waals surface area contributed by atoms with Crippen molar-refractivity contribution in [1.29, 1.82) is 0 Å². The quantitative estimate of drug-likeness (QED) is 0.870. The van der Waals surface area contributed by atoms with E-state index < -0.39 is 0 Å². The summed E-state index contributed by atoms with van der Waals surface area (Å²) in [4.78, 5) is 14.8. The van der Waals surface area contributed by atoms with E-state index in [-0.39, 0.29) is 29.6 Å². The first-order valence-corrected chi connectivity index (χ1v) is 8.12. The van der Waals surface area contributed by atoms with Crippen LogP contribution in [-0.4, -0.2) is 22.5 Å². The number of nitrogens with zero attached hydrogens (tertiary/aromatic N) is 2. The molecule has 120 valence electrons. The maximum Gasteiger partial charge on any atom is 0.226 e. The van der Waals surface area contributed by atoms with Crippen molar-refractivity contribution >= 4 is 5.91 Å². The molecule has 1 amide bonds. The van der Waals surface area contributed by atoms with Crippen LogP contribution in [-0.2, 0) is 4.79 Å². The number of halogens is 1. The molecule has 1 aliphatic carbocycles. The molecule has 2 aliphatic rings. The summed E-state index contributed by atoms with van der Waals surface area (Å²) in [5.74, 6) is 0.980. The second kappa shape index (κ2) is 5.48. The van der Waals surface area contributed by atoms with Gasteiger partial charge in [-0.15, -0.1) is 0 Å². The van der Waals surface area contributed by atoms with Gasteiger partial charge in [-0.05, 0) is 49.8 Å². The molecule has 1 saturated carbocycles. The largest absolute Gasteiger partial charge is 0.361 e. The minimum Gasteiger partial charge on any atom is -0.361 e. The zero-order valence-corrected chi connectivity index (χ0v) is 13.0. The topological polar surface area (TPSA) is 46.3 Å². The number of carbonyl (C=O) groups is 1. The second-order valence-electron chi connectivity index (χ2n) is 6.55. The van der Waals surface area contributed by atoms with Crippen LogP contribution in [0.3, 0.4) is 0 Å². The van der Waals surface area contributed by atoms with Gasteiger partial charge < -0.3 is 9.42 Å². The fourth-order valence-electron chi connectivity index (χ4n) is 3.64. The molecule has 1 aliphatic heterocycles. The summed E-state index contributed by atoms with van der Waals surface area (Å²) in [6.45, 7) is 2.64. The molecule has 2 heterocycles. The highest BCUT2D eigenvalue weighted by Gasteiger charge is 2.48. The number of hydrogen-bond donors (Lipinski definition) is 0. The predicted octanol–water partition coefficient (Wildman–Crippen LogP) is 3.59. The Balaban J connectivity index is 1.48. The number of rotatable bonds is 3. The molecule has 0 N–H and O–H groups in total. The average molecular weight is 314 g/mol. The molecule has 2 aromatic rings. The standard InChI is InChI=1S/C18H19FN2O2/c1-11-9-16(20-23-11)17-3-2-8-21(17)18(22)15-10-14(15)12-4-6-13(19)7-5-12/h4-7,9,14-15,17H,2-3,8,10H2,1H3. The van der Waals surface area contributed by atoms with Gasteiger partial charge in [0.1, 0.15) is 17.3 Å². The van der Waals surface area contributed by atoms with Crippen LogP contribution in [0.1, 0.15) is 48.2 Å². The number of carbonyl (C=O) groups excluding carboxylic acids is 1. The van der Waals surface area contributed by atoms with Gasteiger partial charge in [-0.2, -0.15) is 0 Å². The van der Waals surface area contributed by atoms with Crippen molar-refractivity contribution in [3.63, 3.8) is 0 Å². The molecular weight excluding hydrogens is 295 g/mol. The van der Waals surface area contributed by atoms with Crippen molar-refractivity contribution in [3.8, 4) is 0 Å². The SMILES string of the molecule is Cc1cc(C2CCCN2C(=O)C2CC2c2ccc(F)cc2)no1. The van der Waals surface area contributed by atoms with Gasteiger partial charge in [-0.3, -0.25) is 4.79 Å². The third kappa shape index (κ3) is 2.64. The molecule has 1 aromatic heterocycles. The average Bonchev–Trinajstić information content (AvgIpc) is 2.98. The van der Waals surface area contributed by atoms with Gasteiger partial charge >= 0.3 is 0 Å². The molecule has 0 bridgehead atoms. The number of amides is 1. The zero-order valence-electron chi connectivity index (χ0n) is 13.0. The minimum absolute atomic E-state index is 0.0223. The zero-order chi connectivity index (χ0) is 16.0. The first-order chi connectivity index (χ1) is 11.1. The summed E-state index contributed by atoms with van der Waals surface area (Å²) in [5, 5.41) is 4.09. The first-order valence-electron chi connectivity index (χ1n) is 8.12. The predicted molar refractivity (Wildman–Crippen MR) is 82.2 cm³/mol. The second-order valence-corrected chi connectivity index (χ2v) is 6.55. The van der Waals surface area contributed by atoms with Crippen molar-refractivity contribution < 1.29 is 13.7 Å². The third-order valence-corrected chi connectivity index (χ3v) is 4.93. The lowest BCUT2D eigenvalue weighted by Crippen LogP contribution is -2.32. The molecule has 3 atom stereocenters. The van der Waals surface area contributed by atoms with E-state index in [1.165, 1.54) is 12.1 Å². The highest BCUT2D eigenvalue weighted by atomic mass is 19.1. The van der Waals surface area contributed by atoms with Gasteiger partial charge in [0.05, 0.1) is 6.04 Å². The highest BCUT2D eigenvalue weighted by molar-refractivity contribution is 5.83. The molecule has 4 rings (SSSR count). The summed E-state index contributed by atoms with van der Waals surface area (Å²) in [6.07, 6.45) is 2.79. The lowest BCUT2D eigenvalue weighted by atomic mass is 10.1. The molecule has 0 radical (unpaired) electrons. The van der Waals surface area contributed by atoms with Gasteiger partial charge in [0.25, 0.3) is 0 Å². The van der Waals surface area contributed by atoms with Crippen LogP contribution in [0, 0.1) is 18.7 Å². The van der Waals surface area contributed by atoms with Gasteiger partial charge in [0.2, 0.25) is 5.91 Å². The maximum atomic E-state index is 13.0. The Morgan fingerprint density at radius 1 is 1.35 bits per heavy atom. The Labute approximate surface area is 134 Å². The summed E-state index contributed by atoms with van der Waals surface area (Å²) < 4.78 is 18.2. The number of likely N-dealkylation sites (tertiary alicyclic amines) is 1. The molecule has 1 saturated heterocycles. The number of aromatic nitrogens is 1. The molecule has 4 nitrogen and oxygen atoms in total. The van der Waals surface area contributed by atoms with E-state index in [1.54, 1.807) is 12.1 Å². The van der Waals surface area contributed by atoms with E-state index >= 15 is 0 Å². The van der Waals surface area contributed by atoms with Gasteiger partial charge in [-0.25, -0.2) is 4.39 Å². The van der Waals surface area contributed by atoms with Crippen molar-refractivity contribution in [2.24, 2.45) is 5.92 Å². The summed E-state index contributed by atoms with van der Waals surface area (Å²) in [7, 11) is 0. The van der Waals surface area contributed by atoms with Crippen LogP contribution in [0.2, 0.25) is 0 Å². The van der Waals surface area contributed by atoms with E-state index in [0.717, 1.165) is 42.8 Å². The fraction of sp³-hybridized carbons (Fsp3) is 0.444. The molecule has 2 fully saturated rings. The molecule has 1 aromatic carbocycles. The van der Waals surface area contributed by atoms with Gasteiger partial charge in [-0.1, -0.05) is 17.3 Å². The molecule has 0 spiro atoms. The van der Waals surface area contributed by atoms with E-state index in [9.17, 15) is 9.18 Å². The summed E-state index contributed by atoms with van der Waals surface area (Å²) in [5.41, 5.74) is 1.91. The highest BCUT2D eigenvalue weighted by Crippen LogP contribution is 2.50. The van der Waals surface area contributed by atoms with E-state index in [1.807, 2.05) is 17.9 Å². The van der Waals surface area contributed by atoms with Gasteiger partial charge in [0, 0.05) is 18.5 Å². The molecule has 23 heavy (non-hydrogen) atoms. The molecule has 3 unspecified atom stereocenters. The Morgan fingerprint density at radius 2 is 2.13 bits per heavy atom. The number of aryl methyl sites for hydroxylation is 1. The van der Waals surface area contributed by atoms with E-state index in [2.05, 4.69) is 5.16 Å². The minimum atomic E-state index is -0.238. The summed E-state index contributed by atoms with van der Waals surface area (Å²) >= 11 is 0. The van der Waals surface area contributed by atoms with Gasteiger partial charge in [0.15, 0.2) is 0 Å². The maximum absolute atomic E-state index is 13.0. The lowest BCUT2D eigenvalue weighted by Gasteiger charge is -2.23. The van der Waals surface area contributed by atoms with Crippen molar-refractivity contribution in [2.75, 3.05) is 6.54 Å². The van der Waals surface area contributed by atoms with Crippen LogP contribution in [0.5, 0.6) is 0 Å². The van der Waals surface area contributed by atoms with Crippen LogP contribution in [0.4, 0.5) is 4.39 Å². The van der Waals surface area contributed by atoms with Crippen molar-refractivity contribution in [1.82, 2.24) is 10.1 Å². The Morgan fingerprint density at radius 3 is 2.83 bits per heavy atom. The Hall–Kier alpha value is -2.17.